The maximum atomic E-state index is 11.7. The Morgan fingerprint density at radius 3 is 2.88 bits per heavy atom. The number of aromatic nitrogens is 2. The van der Waals surface area contributed by atoms with Gasteiger partial charge in [0, 0.05) is 45.5 Å². The first kappa shape index (κ1) is 18.4. The molecular weight excluding hydrogens is 332 g/mol. The fourth-order valence-corrected chi connectivity index (χ4v) is 3.19. The molecule has 140 valence electrons. The topological polar surface area (TPSA) is 59.8 Å². The van der Waals surface area contributed by atoms with Crippen molar-refractivity contribution in [1.82, 2.24) is 19.6 Å². The summed E-state index contributed by atoms with van der Waals surface area (Å²) in [4.78, 5) is 15.6. The lowest BCUT2D eigenvalue weighted by molar-refractivity contribution is -0.134. The maximum absolute atomic E-state index is 11.7. The Balaban J connectivity index is 1.66. The van der Waals surface area contributed by atoms with Gasteiger partial charge >= 0.3 is 0 Å². The van der Waals surface area contributed by atoms with E-state index in [0.717, 1.165) is 36.6 Å². The molecule has 3 rings (SSSR count). The van der Waals surface area contributed by atoms with E-state index in [4.69, 9.17) is 9.47 Å². The van der Waals surface area contributed by atoms with Gasteiger partial charge in [-0.3, -0.25) is 14.4 Å². The lowest BCUT2D eigenvalue weighted by atomic mass is 10.1. The number of rotatable bonds is 7. The second-order valence-electron chi connectivity index (χ2n) is 6.71. The Hall–Kier alpha value is -2.38. The van der Waals surface area contributed by atoms with E-state index in [1.54, 1.807) is 21.2 Å². The molecule has 2 heterocycles. The van der Waals surface area contributed by atoms with Gasteiger partial charge in [-0.25, -0.2) is 0 Å². The zero-order valence-corrected chi connectivity index (χ0v) is 15.6. The Morgan fingerprint density at radius 1 is 1.31 bits per heavy atom. The number of nitrogens with zero attached hydrogens (tertiary/aromatic N) is 4. The van der Waals surface area contributed by atoms with Gasteiger partial charge in [-0.15, -0.1) is 0 Å². The van der Waals surface area contributed by atoms with E-state index >= 15 is 0 Å². The highest BCUT2D eigenvalue weighted by molar-refractivity contribution is 5.76. The Bertz CT molecular complexity index is 744. The molecule has 26 heavy (non-hydrogen) atoms. The SMILES string of the molecule is COc1ccccc1CN1Cc2ccnn2[C@@H](COCC(=O)N(C)C)C1. The van der Waals surface area contributed by atoms with E-state index < -0.39 is 0 Å². The number of hydrogen-bond acceptors (Lipinski definition) is 5. The van der Waals surface area contributed by atoms with Gasteiger partial charge in [0.15, 0.2) is 0 Å². The number of para-hydroxylation sites is 1. The molecule has 0 unspecified atom stereocenters. The number of hydrogen-bond donors (Lipinski definition) is 0. The highest BCUT2D eigenvalue weighted by Crippen LogP contribution is 2.25. The van der Waals surface area contributed by atoms with Crippen LogP contribution in [0.25, 0.3) is 0 Å². The van der Waals surface area contributed by atoms with E-state index in [0.29, 0.717) is 6.61 Å². The maximum Gasteiger partial charge on any atom is 0.248 e. The molecule has 0 bridgehead atoms. The molecule has 0 N–H and O–H groups in total. The van der Waals surface area contributed by atoms with E-state index in [9.17, 15) is 4.79 Å². The van der Waals surface area contributed by atoms with Gasteiger partial charge in [-0.05, 0) is 12.1 Å². The monoisotopic (exact) mass is 358 g/mol. The van der Waals surface area contributed by atoms with Crippen LogP contribution in [0.2, 0.25) is 0 Å². The summed E-state index contributed by atoms with van der Waals surface area (Å²) in [7, 11) is 5.16. The molecule has 0 spiro atoms. The average Bonchev–Trinajstić information content (AvgIpc) is 3.10. The van der Waals surface area contributed by atoms with Crippen LogP contribution < -0.4 is 4.74 Å². The Kier molecular flexibility index (Phi) is 5.90. The predicted octanol–water partition coefficient (Wildman–Crippen LogP) is 1.55. The number of likely N-dealkylation sites (N-methyl/N-ethyl adjacent to an activating group) is 1. The van der Waals surface area contributed by atoms with E-state index in [1.165, 1.54) is 4.90 Å². The molecule has 7 nitrogen and oxygen atoms in total. The number of ether oxygens (including phenoxy) is 2. The van der Waals surface area contributed by atoms with Crippen molar-refractivity contribution in [3.05, 3.63) is 47.8 Å². The lowest BCUT2D eigenvalue weighted by Crippen LogP contribution is -2.39. The molecule has 1 aliphatic rings. The van der Waals surface area contributed by atoms with Gasteiger partial charge in [-0.2, -0.15) is 5.10 Å². The molecule has 2 aromatic rings. The van der Waals surface area contributed by atoms with Gasteiger partial charge in [-0.1, -0.05) is 18.2 Å². The first-order valence-corrected chi connectivity index (χ1v) is 8.73. The molecule has 1 aliphatic heterocycles. The number of methoxy groups -OCH3 is 1. The summed E-state index contributed by atoms with van der Waals surface area (Å²) in [6.07, 6.45) is 1.82. The third-order valence-corrected chi connectivity index (χ3v) is 4.57. The second kappa shape index (κ2) is 8.33. The van der Waals surface area contributed by atoms with Crippen LogP contribution in [-0.4, -0.2) is 66.5 Å². The number of carbonyl (C=O) groups excluding carboxylic acids is 1. The summed E-state index contributed by atoms with van der Waals surface area (Å²) in [5, 5.41) is 4.44. The van der Waals surface area contributed by atoms with Crippen molar-refractivity contribution < 1.29 is 14.3 Å². The smallest absolute Gasteiger partial charge is 0.248 e. The van der Waals surface area contributed by atoms with Crippen LogP contribution in [-0.2, 0) is 22.6 Å². The molecule has 0 saturated heterocycles. The van der Waals surface area contributed by atoms with Gasteiger partial charge in [0.05, 0.1) is 25.5 Å². The van der Waals surface area contributed by atoms with E-state index in [-0.39, 0.29) is 18.6 Å². The highest BCUT2D eigenvalue weighted by atomic mass is 16.5. The summed E-state index contributed by atoms with van der Waals surface area (Å²) in [6, 6.07) is 10.2. The second-order valence-corrected chi connectivity index (χ2v) is 6.71. The van der Waals surface area contributed by atoms with Crippen LogP contribution >= 0.6 is 0 Å². The predicted molar refractivity (Wildman–Crippen MR) is 97.9 cm³/mol. The molecule has 1 aromatic heterocycles. The minimum Gasteiger partial charge on any atom is -0.496 e. The minimum atomic E-state index is -0.0348. The quantitative estimate of drug-likeness (QED) is 0.752. The van der Waals surface area contributed by atoms with E-state index in [1.807, 2.05) is 35.1 Å². The average molecular weight is 358 g/mol. The van der Waals surface area contributed by atoms with Crippen LogP contribution in [0.15, 0.2) is 36.5 Å². The van der Waals surface area contributed by atoms with Crippen LogP contribution in [0.5, 0.6) is 5.75 Å². The number of amides is 1. The highest BCUT2D eigenvalue weighted by Gasteiger charge is 2.26. The van der Waals surface area contributed by atoms with Crippen molar-refractivity contribution in [3.8, 4) is 5.75 Å². The number of carbonyl (C=O) groups is 1. The van der Waals surface area contributed by atoms with Gasteiger partial charge < -0.3 is 14.4 Å². The molecular formula is C19H26N4O3. The first-order chi connectivity index (χ1) is 12.6. The van der Waals surface area contributed by atoms with Crippen LogP contribution in [0, 0.1) is 0 Å². The molecule has 0 aliphatic carbocycles. The molecule has 1 amide bonds. The van der Waals surface area contributed by atoms with Crippen molar-refractivity contribution in [3.63, 3.8) is 0 Å². The molecule has 0 radical (unpaired) electrons. The Labute approximate surface area is 154 Å². The fraction of sp³-hybridized carbons (Fsp3) is 0.474. The van der Waals surface area contributed by atoms with Crippen molar-refractivity contribution in [2.24, 2.45) is 0 Å². The third kappa shape index (κ3) is 4.23. The zero-order valence-electron chi connectivity index (χ0n) is 15.6. The molecule has 1 atom stereocenters. The largest absolute Gasteiger partial charge is 0.496 e. The van der Waals surface area contributed by atoms with Crippen LogP contribution in [0.1, 0.15) is 17.3 Å². The number of fused-ring (bicyclic) bond motifs is 1. The summed E-state index contributed by atoms with van der Waals surface area (Å²) < 4.78 is 13.1. The Morgan fingerprint density at radius 2 is 2.12 bits per heavy atom. The summed E-state index contributed by atoms with van der Waals surface area (Å²) in [5.74, 6) is 0.864. The van der Waals surface area contributed by atoms with Crippen molar-refractivity contribution in [2.45, 2.75) is 19.1 Å². The third-order valence-electron chi connectivity index (χ3n) is 4.57. The standard InChI is InChI=1S/C19H26N4O3/c1-21(2)19(24)14-26-13-17-12-22(11-16-8-9-20-23(16)17)10-15-6-4-5-7-18(15)25-3/h4-9,17H,10-14H2,1-3H3/t17-/m1/s1. The van der Waals surface area contributed by atoms with Gasteiger partial charge in [0.25, 0.3) is 0 Å². The summed E-state index contributed by atoms with van der Waals surface area (Å²) >= 11 is 0. The zero-order chi connectivity index (χ0) is 18.5. The summed E-state index contributed by atoms with van der Waals surface area (Å²) in [5.41, 5.74) is 2.31. The molecule has 0 saturated carbocycles. The van der Waals surface area contributed by atoms with Crippen LogP contribution in [0.4, 0.5) is 0 Å². The fourth-order valence-electron chi connectivity index (χ4n) is 3.19. The lowest BCUT2D eigenvalue weighted by Gasteiger charge is -2.34. The van der Waals surface area contributed by atoms with Gasteiger partial charge in [0.2, 0.25) is 5.91 Å². The molecule has 0 fully saturated rings. The van der Waals surface area contributed by atoms with Crippen molar-refractivity contribution in [1.29, 1.82) is 0 Å². The van der Waals surface area contributed by atoms with Gasteiger partial charge in [0.1, 0.15) is 12.4 Å². The van der Waals surface area contributed by atoms with E-state index in [2.05, 4.69) is 16.1 Å². The van der Waals surface area contributed by atoms with Crippen molar-refractivity contribution in [2.75, 3.05) is 41.0 Å². The minimum absolute atomic E-state index is 0.0348. The molecule has 1 aromatic carbocycles. The normalized spacial score (nSPS) is 17.0. The number of benzene rings is 1. The summed E-state index contributed by atoms with van der Waals surface area (Å²) in [6.45, 7) is 2.97. The first-order valence-electron chi connectivity index (χ1n) is 8.73. The van der Waals surface area contributed by atoms with Crippen molar-refractivity contribution >= 4 is 5.91 Å². The van der Waals surface area contributed by atoms with Crippen LogP contribution in [0.3, 0.4) is 0 Å². The molecule has 7 heteroatoms.